The van der Waals surface area contributed by atoms with Crippen LogP contribution < -0.4 is 20.9 Å². The number of anilines is 1. The molecular formula is C35H43N7O3. The standard InChI is InChI=1S/C35H43N7O3/c1-36-28-11-13-29(14-12-28)42-20-25(21-42)19-41-17-15-27(16-18-41)35(26-7-4-3-5-8-26,23-38-33(43)32-22-45-24-39-32)30-9-6-10-31(30)40-34(44)37-2/h3-5,7-8,11-14,22,24-25,27,30-31H,6,9-10,15-21,23H2,2H3,(H,38,43)(H2,37,40,44)/t30-,31-,35?/m1/s1. The number of hydrogen-bond donors (Lipinski definition) is 3. The van der Waals surface area contributed by atoms with E-state index in [2.05, 4.69) is 72.0 Å². The fraction of sp³-hybridized carbons (Fsp3) is 0.486. The third-order valence-corrected chi connectivity index (χ3v) is 10.4. The number of oxazole rings is 1. The van der Waals surface area contributed by atoms with E-state index in [0.29, 0.717) is 24.1 Å². The Hall–Kier alpha value is -4.36. The minimum Gasteiger partial charge on any atom is -0.451 e. The van der Waals surface area contributed by atoms with Gasteiger partial charge in [0, 0.05) is 56.3 Å². The molecule has 0 spiro atoms. The lowest BCUT2D eigenvalue weighted by Gasteiger charge is -2.51. The summed E-state index contributed by atoms with van der Waals surface area (Å²) >= 11 is 0. The molecule has 6 rings (SSSR count). The molecule has 2 aromatic carbocycles. The summed E-state index contributed by atoms with van der Waals surface area (Å²) in [5.41, 5.74) is 3.00. The van der Waals surface area contributed by atoms with Crippen LogP contribution in [0.15, 0.2) is 71.7 Å². The van der Waals surface area contributed by atoms with Crippen molar-refractivity contribution in [2.45, 2.75) is 43.6 Å². The van der Waals surface area contributed by atoms with Gasteiger partial charge in [0.05, 0.1) is 6.57 Å². The van der Waals surface area contributed by atoms with Crippen LogP contribution in [0.4, 0.5) is 16.2 Å². The molecule has 3 amide bonds. The number of carbonyl (C=O) groups excluding carboxylic acids is 2. The van der Waals surface area contributed by atoms with E-state index in [1.165, 1.54) is 23.9 Å². The molecule has 236 valence electrons. The molecule has 1 aliphatic carbocycles. The van der Waals surface area contributed by atoms with E-state index in [-0.39, 0.29) is 35.0 Å². The van der Waals surface area contributed by atoms with Gasteiger partial charge in [-0.2, -0.15) is 0 Å². The van der Waals surface area contributed by atoms with Crippen molar-refractivity contribution in [3.63, 3.8) is 0 Å². The molecule has 3 N–H and O–H groups in total. The van der Waals surface area contributed by atoms with Crippen LogP contribution in [0, 0.1) is 24.3 Å². The summed E-state index contributed by atoms with van der Waals surface area (Å²) in [6, 6.07) is 18.4. The van der Waals surface area contributed by atoms with E-state index in [1.54, 1.807) is 7.05 Å². The monoisotopic (exact) mass is 609 g/mol. The average molecular weight is 610 g/mol. The molecule has 10 nitrogen and oxygen atoms in total. The summed E-state index contributed by atoms with van der Waals surface area (Å²) in [7, 11) is 1.66. The second kappa shape index (κ2) is 13.7. The van der Waals surface area contributed by atoms with Crippen LogP contribution in [0.2, 0.25) is 0 Å². The first-order valence-corrected chi connectivity index (χ1v) is 16.1. The third kappa shape index (κ3) is 6.54. The van der Waals surface area contributed by atoms with E-state index < -0.39 is 0 Å². The highest BCUT2D eigenvalue weighted by atomic mass is 16.3. The van der Waals surface area contributed by atoms with Crippen LogP contribution in [-0.4, -0.2) is 74.2 Å². The Morgan fingerprint density at radius 2 is 1.80 bits per heavy atom. The number of carbonyl (C=O) groups is 2. The first-order valence-electron chi connectivity index (χ1n) is 16.1. The third-order valence-electron chi connectivity index (χ3n) is 10.4. The summed E-state index contributed by atoms with van der Waals surface area (Å²) in [5.74, 6) is 0.873. The molecule has 0 bridgehead atoms. The second-order valence-corrected chi connectivity index (χ2v) is 12.8. The lowest BCUT2D eigenvalue weighted by Crippen LogP contribution is -2.59. The van der Waals surface area contributed by atoms with Crippen molar-refractivity contribution >= 4 is 23.3 Å². The molecule has 2 saturated heterocycles. The van der Waals surface area contributed by atoms with Gasteiger partial charge in [-0.15, -0.1) is 0 Å². The number of amides is 3. The molecule has 3 heterocycles. The minimum absolute atomic E-state index is 0.0111. The van der Waals surface area contributed by atoms with Crippen LogP contribution in [-0.2, 0) is 5.41 Å². The van der Waals surface area contributed by atoms with Gasteiger partial charge in [0.15, 0.2) is 17.8 Å². The van der Waals surface area contributed by atoms with Gasteiger partial charge >= 0.3 is 6.03 Å². The maximum absolute atomic E-state index is 13.2. The zero-order valence-corrected chi connectivity index (χ0v) is 26.0. The Morgan fingerprint density at radius 3 is 2.47 bits per heavy atom. The highest BCUT2D eigenvalue weighted by molar-refractivity contribution is 5.91. The van der Waals surface area contributed by atoms with Gasteiger partial charge in [0.2, 0.25) is 0 Å². The summed E-state index contributed by atoms with van der Waals surface area (Å²) in [6.07, 6.45) is 7.64. The van der Waals surface area contributed by atoms with E-state index >= 15 is 0 Å². The molecule has 3 aliphatic rings. The normalized spacial score (nSPS) is 22.2. The second-order valence-electron chi connectivity index (χ2n) is 12.8. The summed E-state index contributed by atoms with van der Waals surface area (Å²) in [6.45, 7) is 12.8. The van der Waals surface area contributed by atoms with Gasteiger partial charge in [0.1, 0.15) is 6.26 Å². The van der Waals surface area contributed by atoms with Crippen molar-refractivity contribution < 1.29 is 14.0 Å². The lowest BCUT2D eigenvalue weighted by atomic mass is 9.58. The van der Waals surface area contributed by atoms with Gasteiger partial charge in [-0.25, -0.2) is 14.6 Å². The van der Waals surface area contributed by atoms with Crippen LogP contribution in [0.25, 0.3) is 4.85 Å². The zero-order chi connectivity index (χ0) is 31.2. The van der Waals surface area contributed by atoms with E-state index in [1.807, 2.05) is 18.2 Å². The minimum atomic E-state index is -0.361. The molecule has 1 unspecified atom stereocenters. The van der Waals surface area contributed by atoms with E-state index in [9.17, 15) is 9.59 Å². The van der Waals surface area contributed by atoms with Crippen LogP contribution >= 0.6 is 0 Å². The molecule has 2 aliphatic heterocycles. The maximum Gasteiger partial charge on any atom is 0.314 e. The Morgan fingerprint density at radius 1 is 1.04 bits per heavy atom. The van der Waals surface area contributed by atoms with Gasteiger partial charge in [-0.3, -0.25) is 4.79 Å². The summed E-state index contributed by atoms with van der Waals surface area (Å²) in [5, 5.41) is 9.26. The van der Waals surface area contributed by atoms with Crippen molar-refractivity contribution in [3.05, 3.63) is 89.9 Å². The van der Waals surface area contributed by atoms with Gasteiger partial charge in [0.25, 0.3) is 5.91 Å². The SMILES string of the molecule is [C-]#[N+]c1ccc(N2CC(CN3CCC(C(CNC(=O)c4cocn4)(c4ccccc4)[C@@H]4CCC[C@H]4NC(=O)NC)CC3)C2)cc1. The molecule has 1 saturated carbocycles. The van der Waals surface area contributed by atoms with Crippen molar-refractivity contribution in [3.8, 4) is 0 Å². The van der Waals surface area contributed by atoms with Crippen molar-refractivity contribution in [1.29, 1.82) is 0 Å². The first kappa shape index (κ1) is 30.7. The maximum atomic E-state index is 13.2. The molecular weight excluding hydrogens is 566 g/mol. The molecule has 0 radical (unpaired) electrons. The highest BCUT2D eigenvalue weighted by Gasteiger charge is 2.52. The number of urea groups is 1. The summed E-state index contributed by atoms with van der Waals surface area (Å²) in [4.78, 5) is 38.4. The Kier molecular flexibility index (Phi) is 9.36. The Bertz CT molecular complexity index is 1460. The number of nitrogens with zero attached hydrogens (tertiary/aromatic N) is 4. The lowest BCUT2D eigenvalue weighted by molar-refractivity contribution is 0.0634. The molecule has 3 aromatic rings. The van der Waals surface area contributed by atoms with Gasteiger partial charge in [-0.1, -0.05) is 48.9 Å². The molecule has 3 atom stereocenters. The highest BCUT2D eigenvalue weighted by Crippen LogP contribution is 2.50. The first-order chi connectivity index (χ1) is 22.0. The van der Waals surface area contributed by atoms with E-state index in [4.69, 9.17) is 11.0 Å². The largest absolute Gasteiger partial charge is 0.451 e. The van der Waals surface area contributed by atoms with Crippen molar-refractivity contribution in [1.82, 2.24) is 25.8 Å². The topological polar surface area (TPSA) is 107 Å². The van der Waals surface area contributed by atoms with Gasteiger partial charge < -0.3 is 30.2 Å². The number of piperidine rings is 1. The number of aromatic nitrogens is 1. The summed E-state index contributed by atoms with van der Waals surface area (Å²) < 4.78 is 5.09. The van der Waals surface area contributed by atoms with Crippen LogP contribution in [0.1, 0.15) is 48.2 Å². The Labute approximate surface area is 265 Å². The molecule has 3 fully saturated rings. The predicted molar refractivity (Wildman–Crippen MR) is 173 cm³/mol. The number of nitrogens with one attached hydrogen (secondary N) is 3. The Balaban J connectivity index is 1.19. The molecule has 10 heteroatoms. The average Bonchev–Trinajstić information content (AvgIpc) is 3.77. The van der Waals surface area contributed by atoms with Crippen molar-refractivity contribution in [2.75, 3.05) is 51.2 Å². The molecule has 1 aromatic heterocycles. The van der Waals surface area contributed by atoms with Crippen LogP contribution in [0.5, 0.6) is 0 Å². The fourth-order valence-corrected chi connectivity index (χ4v) is 8.14. The zero-order valence-electron chi connectivity index (χ0n) is 26.0. The van der Waals surface area contributed by atoms with Crippen LogP contribution in [0.3, 0.4) is 0 Å². The van der Waals surface area contributed by atoms with E-state index in [0.717, 1.165) is 64.8 Å². The number of benzene rings is 2. The fourth-order valence-electron chi connectivity index (χ4n) is 8.14. The smallest absolute Gasteiger partial charge is 0.314 e. The predicted octanol–water partition coefficient (Wildman–Crippen LogP) is 4.84. The van der Waals surface area contributed by atoms with Crippen molar-refractivity contribution in [2.24, 2.45) is 17.8 Å². The quantitative estimate of drug-likeness (QED) is 0.284. The number of likely N-dealkylation sites (tertiary alicyclic amines) is 1. The number of rotatable bonds is 10. The molecule has 45 heavy (non-hydrogen) atoms. The number of hydrogen-bond acceptors (Lipinski definition) is 6. The van der Waals surface area contributed by atoms with Gasteiger partial charge in [-0.05, 0) is 68.3 Å².